The van der Waals surface area contributed by atoms with Gasteiger partial charge in [-0.3, -0.25) is 0 Å². The fraction of sp³-hybridized carbons (Fsp3) is 0.684. The van der Waals surface area contributed by atoms with Crippen LogP contribution in [0.2, 0.25) is 0 Å². The number of ether oxygens (including phenoxy) is 2. The lowest BCUT2D eigenvalue weighted by Crippen LogP contribution is -2.36. The first-order valence-electron chi connectivity index (χ1n) is 9.14. The Morgan fingerprint density at radius 3 is 2.19 bits per heavy atom. The molecule has 1 saturated carbocycles. The molecule has 3 rings (SSSR count). The van der Waals surface area contributed by atoms with E-state index < -0.39 is 29.9 Å². The molecule has 1 heterocycles. The van der Waals surface area contributed by atoms with Crippen molar-refractivity contribution in [2.75, 3.05) is 6.61 Å². The Balaban J connectivity index is 1.68. The molecule has 2 nitrogen and oxygen atoms in total. The first-order chi connectivity index (χ1) is 12.6. The number of hydrogen-bond acceptors (Lipinski definition) is 2. The van der Waals surface area contributed by atoms with E-state index in [0.717, 1.165) is 30.9 Å². The predicted octanol–water partition coefficient (Wildman–Crippen LogP) is 6.53. The summed E-state index contributed by atoms with van der Waals surface area (Å²) >= 11 is 3.69. The molecule has 2 aliphatic rings. The lowest BCUT2D eigenvalue weighted by atomic mass is 9.74. The Morgan fingerprint density at radius 1 is 1.07 bits per heavy atom. The van der Waals surface area contributed by atoms with E-state index in [1.807, 2.05) is 0 Å². The van der Waals surface area contributed by atoms with Crippen molar-refractivity contribution in [2.45, 2.75) is 56.3 Å². The van der Waals surface area contributed by atoms with Gasteiger partial charge < -0.3 is 9.47 Å². The molecular formula is C19H22BrF5O2. The highest BCUT2D eigenvalue weighted by atomic mass is 79.9. The van der Waals surface area contributed by atoms with E-state index in [1.165, 1.54) is 12.8 Å². The number of benzene rings is 1. The molecule has 1 saturated heterocycles. The second-order valence-corrected chi connectivity index (χ2v) is 8.80. The summed E-state index contributed by atoms with van der Waals surface area (Å²) in [6.07, 6.45) is -0.533. The van der Waals surface area contributed by atoms with Crippen molar-refractivity contribution in [3.05, 3.63) is 29.3 Å². The Bertz CT molecular complexity index is 635. The van der Waals surface area contributed by atoms with E-state index in [9.17, 15) is 22.0 Å². The molecule has 1 aliphatic heterocycles. The zero-order valence-corrected chi connectivity index (χ0v) is 16.5. The van der Waals surface area contributed by atoms with Crippen LogP contribution in [-0.2, 0) is 4.74 Å². The van der Waals surface area contributed by atoms with Gasteiger partial charge in [-0.05, 0) is 54.7 Å². The molecule has 3 atom stereocenters. The summed E-state index contributed by atoms with van der Waals surface area (Å²) in [6, 6.07) is 1.72. The molecule has 0 bridgehead atoms. The van der Waals surface area contributed by atoms with Crippen LogP contribution in [0.15, 0.2) is 12.1 Å². The summed E-state index contributed by atoms with van der Waals surface area (Å²) in [5.74, 6) is -2.58. The molecule has 8 heteroatoms. The fourth-order valence-electron chi connectivity index (χ4n) is 4.14. The maximum Gasteiger partial charge on any atom is 0.573 e. The number of rotatable bonds is 3. The first-order valence-corrected chi connectivity index (χ1v) is 10.1. The van der Waals surface area contributed by atoms with Crippen LogP contribution in [0.25, 0.3) is 0 Å². The zero-order valence-electron chi connectivity index (χ0n) is 14.9. The topological polar surface area (TPSA) is 18.5 Å². The number of halogens is 6. The molecule has 0 aromatic heterocycles. The van der Waals surface area contributed by atoms with Gasteiger partial charge in [-0.15, -0.1) is 13.2 Å². The number of hydrogen-bond donors (Lipinski definition) is 0. The highest BCUT2D eigenvalue weighted by Crippen LogP contribution is 2.44. The van der Waals surface area contributed by atoms with Gasteiger partial charge >= 0.3 is 6.36 Å². The molecule has 152 valence electrons. The minimum atomic E-state index is -5.16. The summed E-state index contributed by atoms with van der Waals surface area (Å²) in [4.78, 5) is 0.131. The van der Waals surface area contributed by atoms with E-state index in [-0.39, 0.29) is 10.4 Å². The average molecular weight is 457 g/mol. The van der Waals surface area contributed by atoms with Gasteiger partial charge in [0, 0.05) is 4.83 Å². The summed E-state index contributed by atoms with van der Waals surface area (Å²) in [5.41, 5.74) is 0.180. The second kappa shape index (κ2) is 8.23. The quantitative estimate of drug-likeness (QED) is 0.380. The van der Waals surface area contributed by atoms with Crippen LogP contribution in [0.1, 0.15) is 50.7 Å². The van der Waals surface area contributed by atoms with Gasteiger partial charge in [0.1, 0.15) is 0 Å². The third-order valence-electron chi connectivity index (χ3n) is 5.67. The van der Waals surface area contributed by atoms with Crippen molar-refractivity contribution in [3.8, 4) is 5.75 Å². The summed E-state index contributed by atoms with van der Waals surface area (Å²) < 4.78 is 74.0. The van der Waals surface area contributed by atoms with Gasteiger partial charge in [0.15, 0.2) is 11.6 Å². The van der Waals surface area contributed by atoms with E-state index in [2.05, 4.69) is 27.6 Å². The summed E-state index contributed by atoms with van der Waals surface area (Å²) in [5, 5.41) is 0. The van der Waals surface area contributed by atoms with Crippen molar-refractivity contribution in [2.24, 2.45) is 17.8 Å². The standard InChI is InChI=1S/C19H22BrF5O2/c1-10-2-4-11(5-3-10)13-9-26-17(8-14(13)20)12-6-15(21)18(16(22)7-12)27-19(23,24)25/h6-7,10-11,13-14,17H,2-5,8-9H2,1H3. The molecule has 0 N–H and O–H groups in total. The van der Waals surface area contributed by atoms with Crippen molar-refractivity contribution < 1.29 is 31.4 Å². The van der Waals surface area contributed by atoms with Gasteiger partial charge in [0.2, 0.25) is 5.75 Å². The summed E-state index contributed by atoms with van der Waals surface area (Å²) in [6.45, 7) is 2.72. The highest BCUT2D eigenvalue weighted by molar-refractivity contribution is 9.09. The number of alkyl halides is 4. The average Bonchev–Trinajstić information content (AvgIpc) is 2.58. The molecule has 1 aliphatic carbocycles. The SMILES string of the molecule is CC1CCC(C2COC(c3cc(F)c(OC(F)(F)F)c(F)c3)CC2Br)CC1. The molecule has 0 radical (unpaired) electrons. The molecular weight excluding hydrogens is 435 g/mol. The fourth-order valence-corrected chi connectivity index (χ4v) is 5.06. The third kappa shape index (κ3) is 5.13. The Morgan fingerprint density at radius 2 is 1.67 bits per heavy atom. The smallest absolute Gasteiger partial charge is 0.399 e. The normalized spacial score (nSPS) is 32.3. The van der Waals surface area contributed by atoms with Gasteiger partial charge in [-0.25, -0.2) is 8.78 Å². The van der Waals surface area contributed by atoms with Crippen LogP contribution < -0.4 is 4.74 Å². The summed E-state index contributed by atoms with van der Waals surface area (Å²) in [7, 11) is 0. The van der Waals surface area contributed by atoms with Crippen LogP contribution in [0, 0.1) is 29.4 Å². The second-order valence-electron chi connectivity index (χ2n) is 7.62. The molecule has 2 fully saturated rings. The van der Waals surface area contributed by atoms with Gasteiger partial charge in [0.05, 0.1) is 12.7 Å². The predicted molar refractivity (Wildman–Crippen MR) is 93.7 cm³/mol. The zero-order chi connectivity index (χ0) is 19.8. The third-order valence-corrected chi connectivity index (χ3v) is 6.72. The molecule has 1 aromatic rings. The van der Waals surface area contributed by atoms with Crippen LogP contribution in [0.4, 0.5) is 22.0 Å². The highest BCUT2D eigenvalue weighted by Gasteiger charge is 2.38. The molecule has 27 heavy (non-hydrogen) atoms. The van der Waals surface area contributed by atoms with Crippen molar-refractivity contribution in [1.82, 2.24) is 0 Å². The first kappa shape index (κ1) is 20.8. The van der Waals surface area contributed by atoms with Gasteiger partial charge in [-0.2, -0.15) is 0 Å². The Kier molecular flexibility index (Phi) is 6.35. The lowest BCUT2D eigenvalue weighted by molar-refractivity contribution is -0.276. The molecule has 0 spiro atoms. The Labute approximate surface area is 163 Å². The van der Waals surface area contributed by atoms with Crippen LogP contribution >= 0.6 is 15.9 Å². The minimum Gasteiger partial charge on any atom is -0.399 e. The van der Waals surface area contributed by atoms with Gasteiger partial charge in [0.25, 0.3) is 0 Å². The van der Waals surface area contributed by atoms with Crippen molar-refractivity contribution >= 4 is 15.9 Å². The maximum absolute atomic E-state index is 14.0. The molecule has 1 aromatic carbocycles. The largest absolute Gasteiger partial charge is 0.573 e. The van der Waals surface area contributed by atoms with E-state index in [1.54, 1.807) is 0 Å². The molecule has 0 amide bonds. The molecule has 3 unspecified atom stereocenters. The minimum absolute atomic E-state index is 0.131. The van der Waals surface area contributed by atoms with Gasteiger partial charge in [-0.1, -0.05) is 35.7 Å². The monoisotopic (exact) mass is 456 g/mol. The Hall–Kier alpha value is -0.890. The lowest BCUT2D eigenvalue weighted by Gasteiger charge is -2.40. The van der Waals surface area contributed by atoms with Crippen LogP contribution in [0.5, 0.6) is 5.75 Å². The van der Waals surface area contributed by atoms with Crippen LogP contribution in [-0.4, -0.2) is 17.8 Å². The van der Waals surface area contributed by atoms with E-state index >= 15 is 0 Å². The van der Waals surface area contributed by atoms with Crippen molar-refractivity contribution in [3.63, 3.8) is 0 Å². The van der Waals surface area contributed by atoms with Crippen molar-refractivity contribution in [1.29, 1.82) is 0 Å². The maximum atomic E-state index is 14.0. The van der Waals surface area contributed by atoms with E-state index in [0.29, 0.717) is 24.9 Å². The van der Waals surface area contributed by atoms with Crippen LogP contribution in [0.3, 0.4) is 0 Å². The van der Waals surface area contributed by atoms with E-state index in [4.69, 9.17) is 4.74 Å².